The summed E-state index contributed by atoms with van der Waals surface area (Å²) in [6.45, 7) is 3.15. The van der Waals surface area contributed by atoms with Gasteiger partial charge in [-0.15, -0.1) is 0 Å². The number of carbonyl (C=O) groups excluding carboxylic acids is 1. The van der Waals surface area contributed by atoms with Crippen LogP contribution in [0.25, 0.3) is 0 Å². The fourth-order valence-corrected chi connectivity index (χ4v) is 1.21. The van der Waals surface area contributed by atoms with E-state index < -0.39 is 33.7 Å². The van der Waals surface area contributed by atoms with E-state index in [4.69, 9.17) is 11.6 Å². The lowest BCUT2D eigenvalue weighted by Crippen LogP contribution is -2.25. The highest BCUT2D eigenvalue weighted by Crippen LogP contribution is 2.22. The van der Waals surface area contributed by atoms with Crippen molar-refractivity contribution in [2.45, 2.75) is 0 Å². The van der Waals surface area contributed by atoms with Crippen LogP contribution in [0, 0.1) is 21.7 Å². The molecule has 0 aliphatic rings. The molecule has 0 aromatic heterocycles. The monoisotopic (exact) mass is 276 g/mol. The van der Waals surface area contributed by atoms with Crippen LogP contribution in [0.3, 0.4) is 0 Å². The number of carbonyl (C=O) groups is 1. The third-order valence-corrected chi connectivity index (χ3v) is 2.05. The molecule has 18 heavy (non-hydrogen) atoms. The third-order valence-electron chi connectivity index (χ3n) is 1.92. The maximum Gasteiger partial charge on any atom is 0.285 e. The summed E-state index contributed by atoms with van der Waals surface area (Å²) in [7, 11) is 0. The van der Waals surface area contributed by atoms with E-state index in [0.29, 0.717) is 12.1 Å². The molecule has 0 saturated heterocycles. The Bertz CT molecular complexity index is 534. The summed E-state index contributed by atoms with van der Waals surface area (Å²) in [6, 6.07) is 0.805. The van der Waals surface area contributed by atoms with E-state index in [2.05, 4.69) is 11.9 Å². The SMILES string of the molecule is C=C(Cl)CNC(=O)c1cc(F)c(F)cc1[N+](=O)[O-]. The maximum atomic E-state index is 13.0. The summed E-state index contributed by atoms with van der Waals surface area (Å²) in [5.74, 6) is -3.70. The Hall–Kier alpha value is -2.02. The summed E-state index contributed by atoms with van der Waals surface area (Å²) in [5, 5.41) is 12.9. The molecule has 0 bridgehead atoms. The van der Waals surface area contributed by atoms with Crippen molar-refractivity contribution in [3.05, 3.63) is 51.1 Å². The molecule has 1 aromatic carbocycles. The molecular weight excluding hydrogens is 270 g/mol. The van der Waals surface area contributed by atoms with Crippen molar-refractivity contribution in [2.75, 3.05) is 6.54 Å². The van der Waals surface area contributed by atoms with Crippen molar-refractivity contribution in [1.82, 2.24) is 5.32 Å². The molecule has 0 saturated carbocycles. The minimum atomic E-state index is -1.40. The Kier molecular flexibility index (Phi) is 4.33. The molecule has 1 N–H and O–H groups in total. The van der Waals surface area contributed by atoms with Gasteiger partial charge in [-0.3, -0.25) is 14.9 Å². The zero-order valence-corrected chi connectivity index (χ0v) is 9.63. The molecule has 0 aliphatic carbocycles. The molecule has 5 nitrogen and oxygen atoms in total. The first-order chi connectivity index (χ1) is 8.32. The van der Waals surface area contributed by atoms with E-state index in [-0.39, 0.29) is 11.6 Å². The van der Waals surface area contributed by atoms with Crippen LogP contribution in [0.2, 0.25) is 0 Å². The van der Waals surface area contributed by atoms with E-state index in [1.54, 1.807) is 0 Å². The number of nitro groups is 1. The standard InChI is InChI=1S/C10H7ClF2N2O3/c1-5(11)4-14-10(16)6-2-7(12)8(13)3-9(6)15(17)18/h2-3H,1,4H2,(H,14,16). The number of hydrogen-bond donors (Lipinski definition) is 1. The summed E-state index contributed by atoms with van der Waals surface area (Å²) in [6.07, 6.45) is 0. The van der Waals surface area contributed by atoms with Crippen LogP contribution < -0.4 is 5.32 Å². The fourth-order valence-electron chi connectivity index (χ4n) is 1.14. The second-order valence-corrected chi connectivity index (χ2v) is 3.78. The molecule has 1 rings (SSSR count). The number of amides is 1. The Labute approximate surface area is 105 Å². The number of hydrogen-bond acceptors (Lipinski definition) is 3. The zero-order valence-electron chi connectivity index (χ0n) is 8.87. The van der Waals surface area contributed by atoms with Gasteiger partial charge in [-0.1, -0.05) is 18.2 Å². The molecule has 0 aliphatic heterocycles. The Morgan fingerprint density at radius 1 is 1.44 bits per heavy atom. The minimum absolute atomic E-state index is 0.0913. The summed E-state index contributed by atoms with van der Waals surface area (Å²) >= 11 is 5.39. The molecule has 1 aromatic rings. The molecular formula is C10H7ClF2N2O3. The number of nitro benzene ring substituents is 1. The van der Waals surface area contributed by atoms with Gasteiger partial charge in [0.25, 0.3) is 11.6 Å². The molecule has 96 valence electrons. The van der Waals surface area contributed by atoms with E-state index in [1.807, 2.05) is 0 Å². The van der Waals surface area contributed by atoms with Crippen molar-refractivity contribution in [3.8, 4) is 0 Å². The van der Waals surface area contributed by atoms with Crippen molar-refractivity contribution < 1.29 is 18.5 Å². The molecule has 0 radical (unpaired) electrons. The minimum Gasteiger partial charge on any atom is -0.347 e. The molecule has 0 atom stereocenters. The van der Waals surface area contributed by atoms with Gasteiger partial charge in [0.2, 0.25) is 0 Å². The van der Waals surface area contributed by atoms with Gasteiger partial charge in [-0.25, -0.2) is 8.78 Å². The lowest BCUT2D eigenvalue weighted by molar-refractivity contribution is -0.385. The molecule has 0 unspecified atom stereocenters. The van der Waals surface area contributed by atoms with Gasteiger partial charge in [0.15, 0.2) is 11.6 Å². The predicted octanol–water partition coefficient (Wildman–Crippen LogP) is 2.36. The molecule has 0 spiro atoms. The smallest absolute Gasteiger partial charge is 0.285 e. The average molecular weight is 277 g/mol. The topological polar surface area (TPSA) is 72.2 Å². The van der Waals surface area contributed by atoms with Crippen LogP contribution >= 0.6 is 11.6 Å². The predicted molar refractivity (Wildman–Crippen MR) is 60.3 cm³/mol. The Morgan fingerprint density at radius 2 is 2.00 bits per heavy atom. The number of nitrogens with zero attached hydrogens (tertiary/aromatic N) is 1. The van der Waals surface area contributed by atoms with Gasteiger partial charge < -0.3 is 5.32 Å². The van der Waals surface area contributed by atoms with Gasteiger partial charge in [0, 0.05) is 5.03 Å². The number of halogens is 3. The van der Waals surface area contributed by atoms with Crippen LogP contribution in [0.15, 0.2) is 23.7 Å². The fraction of sp³-hybridized carbons (Fsp3) is 0.100. The highest BCUT2D eigenvalue weighted by molar-refractivity contribution is 6.29. The van der Waals surface area contributed by atoms with E-state index >= 15 is 0 Å². The molecule has 0 heterocycles. The van der Waals surface area contributed by atoms with E-state index in [0.717, 1.165) is 0 Å². The van der Waals surface area contributed by atoms with Gasteiger partial charge in [-0.2, -0.15) is 0 Å². The summed E-state index contributed by atoms with van der Waals surface area (Å²) in [5.41, 5.74) is -1.41. The van der Waals surface area contributed by atoms with Crippen molar-refractivity contribution >= 4 is 23.2 Å². The second kappa shape index (κ2) is 5.54. The van der Waals surface area contributed by atoms with Crippen molar-refractivity contribution in [3.63, 3.8) is 0 Å². The highest BCUT2D eigenvalue weighted by Gasteiger charge is 2.23. The van der Waals surface area contributed by atoms with Crippen LogP contribution in [-0.4, -0.2) is 17.4 Å². The normalized spacial score (nSPS) is 9.94. The lowest BCUT2D eigenvalue weighted by atomic mass is 10.1. The van der Waals surface area contributed by atoms with Crippen LogP contribution in [-0.2, 0) is 0 Å². The highest BCUT2D eigenvalue weighted by atomic mass is 35.5. The summed E-state index contributed by atoms with van der Waals surface area (Å²) < 4.78 is 25.8. The molecule has 1 amide bonds. The molecule has 8 heteroatoms. The van der Waals surface area contributed by atoms with Gasteiger partial charge in [-0.05, 0) is 6.07 Å². The first kappa shape index (κ1) is 14.0. The van der Waals surface area contributed by atoms with Crippen LogP contribution in [0.5, 0.6) is 0 Å². The number of nitrogens with one attached hydrogen (secondary N) is 1. The van der Waals surface area contributed by atoms with Crippen molar-refractivity contribution in [2.24, 2.45) is 0 Å². The Balaban J connectivity index is 3.13. The lowest BCUT2D eigenvalue weighted by Gasteiger charge is -2.05. The van der Waals surface area contributed by atoms with Gasteiger partial charge in [0.1, 0.15) is 5.56 Å². The van der Waals surface area contributed by atoms with Gasteiger partial charge >= 0.3 is 0 Å². The summed E-state index contributed by atoms with van der Waals surface area (Å²) in [4.78, 5) is 21.2. The van der Waals surface area contributed by atoms with Gasteiger partial charge in [0.05, 0.1) is 17.5 Å². The first-order valence-electron chi connectivity index (χ1n) is 4.58. The largest absolute Gasteiger partial charge is 0.347 e. The number of benzene rings is 1. The Morgan fingerprint density at radius 3 is 2.50 bits per heavy atom. The van der Waals surface area contributed by atoms with Crippen LogP contribution in [0.1, 0.15) is 10.4 Å². The third kappa shape index (κ3) is 3.24. The quantitative estimate of drug-likeness (QED) is 0.678. The second-order valence-electron chi connectivity index (χ2n) is 3.24. The average Bonchev–Trinajstić information content (AvgIpc) is 2.28. The van der Waals surface area contributed by atoms with Crippen molar-refractivity contribution in [1.29, 1.82) is 0 Å². The number of rotatable bonds is 4. The zero-order chi connectivity index (χ0) is 13.9. The van der Waals surface area contributed by atoms with E-state index in [9.17, 15) is 23.7 Å². The van der Waals surface area contributed by atoms with E-state index in [1.165, 1.54) is 0 Å². The maximum absolute atomic E-state index is 13.0. The van der Waals surface area contributed by atoms with Crippen LogP contribution in [0.4, 0.5) is 14.5 Å². The molecule has 0 fully saturated rings. The first-order valence-corrected chi connectivity index (χ1v) is 4.95.